The lowest BCUT2D eigenvalue weighted by Gasteiger charge is -2.35. The molecule has 2 aromatic rings. The molecule has 0 spiro atoms. The molecule has 0 saturated carbocycles. The highest BCUT2D eigenvalue weighted by atomic mass is 35.5. The summed E-state index contributed by atoms with van der Waals surface area (Å²) in [6.45, 7) is 1.31. The highest BCUT2D eigenvalue weighted by molar-refractivity contribution is 6.30. The van der Waals surface area contributed by atoms with Crippen LogP contribution < -0.4 is 0 Å². The van der Waals surface area contributed by atoms with Crippen LogP contribution in [-0.2, 0) is 0 Å². The van der Waals surface area contributed by atoms with E-state index >= 15 is 0 Å². The number of carbonyl (C=O) groups excluding carboxylic acids is 1. The lowest BCUT2D eigenvalue weighted by Crippen LogP contribution is -2.41. The molecule has 23 heavy (non-hydrogen) atoms. The van der Waals surface area contributed by atoms with Gasteiger partial charge < -0.3 is 10.0 Å². The predicted octanol–water partition coefficient (Wildman–Crippen LogP) is 3.93. The first kappa shape index (κ1) is 16.0. The Morgan fingerprint density at radius 3 is 2.70 bits per heavy atom. The fraction of sp³-hybridized carbons (Fsp3) is 0.316. The molecule has 1 unspecified atom stereocenters. The Morgan fingerprint density at radius 1 is 1.17 bits per heavy atom. The third-order valence-electron chi connectivity index (χ3n) is 4.40. The van der Waals surface area contributed by atoms with Gasteiger partial charge in [-0.2, -0.15) is 0 Å². The largest absolute Gasteiger partial charge is 0.388 e. The van der Waals surface area contributed by atoms with Crippen molar-refractivity contribution in [2.45, 2.75) is 18.9 Å². The number of aliphatic hydroxyl groups is 1. The van der Waals surface area contributed by atoms with E-state index in [1.165, 1.54) is 0 Å². The van der Waals surface area contributed by atoms with Crippen LogP contribution in [0.15, 0.2) is 54.6 Å². The van der Waals surface area contributed by atoms with Gasteiger partial charge in [0.15, 0.2) is 0 Å². The number of rotatable bonds is 3. The van der Waals surface area contributed by atoms with Crippen molar-refractivity contribution < 1.29 is 9.90 Å². The third kappa shape index (κ3) is 3.74. The summed E-state index contributed by atoms with van der Waals surface area (Å²) in [5.74, 6) is 0.0727. The van der Waals surface area contributed by atoms with Gasteiger partial charge in [-0.25, -0.2) is 0 Å². The van der Waals surface area contributed by atoms with Gasteiger partial charge in [0, 0.05) is 29.6 Å². The van der Waals surface area contributed by atoms with Crippen molar-refractivity contribution in [3.05, 3.63) is 70.7 Å². The Bertz CT molecular complexity index is 674. The van der Waals surface area contributed by atoms with E-state index in [1.807, 2.05) is 47.4 Å². The van der Waals surface area contributed by atoms with Gasteiger partial charge >= 0.3 is 0 Å². The maximum atomic E-state index is 12.6. The number of aliphatic hydroxyl groups excluding tert-OH is 1. The van der Waals surface area contributed by atoms with Gasteiger partial charge in [0.1, 0.15) is 0 Å². The smallest absolute Gasteiger partial charge is 0.253 e. The zero-order chi connectivity index (χ0) is 16.2. The summed E-state index contributed by atoms with van der Waals surface area (Å²) < 4.78 is 0. The lowest BCUT2D eigenvalue weighted by molar-refractivity contribution is 0.0401. The highest BCUT2D eigenvalue weighted by Gasteiger charge is 2.29. The molecule has 1 saturated heterocycles. The summed E-state index contributed by atoms with van der Waals surface area (Å²) in [6.07, 6.45) is 1.22. The average molecular weight is 330 g/mol. The van der Waals surface area contributed by atoms with Crippen molar-refractivity contribution in [1.82, 2.24) is 4.90 Å². The topological polar surface area (TPSA) is 40.5 Å². The zero-order valence-corrected chi connectivity index (χ0v) is 13.6. The van der Waals surface area contributed by atoms with Crippen LogP contribution in [0.5, 0.6) is 0 Å². The second-order valence-electron chi connectivity index (χ2n) is 6.02. The standard InChI is InChI=1S/C19H20ClNO2/c20-17-10-4-8-15(12-17)18(22)16-9-5-11-21(13-16)19(23)14-6-2-1-3-7-14/h1-4,6-8,10,12,16,18,22H,5,9,11,13H2/t16?,18-/m1/s1. The first-order chi connectivity index (χ1) is 11.1. The molecule has 0 radical (unpaired) electrons. The van der Waals surface area contributed by atoms with E-state index in [4.69, 9.17) is 11.6 Å². The fourth-order valence-corrected chi connectivity index (χ4v) is 3.38. The van der Waals surface area contributed by atoms with Crippen LogP contribution in [0.25, 0.3) is 0 Å². The van der Waals surface area contributed by atoms with Crippen molar-refractivity contribution in [2.24, 2.45) is 5.92 Å². The molecule has 3 nitrogen and oxygen atoms in total. The Labute approximate surface area is 141 Å². The molecule has 0 aliphatic carbocycles. The SMILES string of the molecule is O=C(c1ccccc1)N1CCCC([C@H](O)c2cccc(Cl)c2)C1. The van der Waals surface area contributed by atoms with Crippen molar-refractivity contribution in [3.63, 3.8) is 0 Å². The molecule has 0 aromatic heterocycles. The zero-order valence-electron chi connectivity index (χ0n) is 12.9. The minimum Gasteiger partial charge on any atom is -0.388 e. The van der Waals surface area contributed by atoms with Crippen LogP contribution in [0.4, 0.5) is 0 Å². The number of benzene rings is 2. The van der Waals surface area contributed by atoms with E-state index in [2.05, 4.69) is 0 Å². The average Bonchev–Trinajstić information content (AvgIpc) is 2.61. The molecule has 1 amide bonds. The summed E-state index contributed by atoms with van der Waals surface area (Å²) in [7, 11) is 0. The number of hydrogen-bond donors (Lipinski definition) is 1. The van der Waals surface area contributed by atoms with Crippen LogP contribution in [0.1, 0.15) is 34.9 Å². The van der Waals surface area contributed by atoms with E-state index in [0.717, 1.165) is 24.9 Å². The number of halogens is 1. The Balaban J connectivity index is 1.72. The summed E-state index contributed by atoms with van der Waals surface area (Å²) in [5.41, 5.74) is 1.52. The molecule has 2 aromatic carbocycles. The summed E-state index contributed by atoms with van der Waals surface area (Å²) in [5, 5.41) is 11.3. The number of carbonyl (C=O) groups is 1. The van der Waals surface area contributed by atoms with Crippen LogP contribution in [0, 0.1) is 5.92 Å². The van der Waals surface area contributed by atoms with Crippen molar-refractivity contribution in [2.75, 3.05) is 13.1 Å². The number of amides is 1. The molecule has 4 heteroatoms. The lowest BCUT2D eigenvalue weighted by atomic mass is 9.88. The van der Waals surface area contributed by atoms with Gasteiger partial charge in [-0.15, -0.1) is 0 Å². The first-order valence-corrected chi connectivity index (χ1v) is 8.31. The molecule has 2 atom stereocenters. The molecule has 0 bridgehead atoms. The van der Waals surface area contributed by atoms with E-state index in [0.29, 0.717) is 17.1 Å². The van der Waals surface area contributed by atoms with E-state index in [-0.39, 0.29) is 11.8 Å². The number of piperidine rings is 1. The molecule has 120 valence electrons. The Hall–Kier alpha value is -1.84. The molecule has 1 N–H and O–H groups in total. The maximum Gasteiger partial charge on any atom is 0.253 e. The van der Waals surface area contributed by atoms with Crippen LogP contribution >= 0.6 is 11.6 Å². The minimum atomic E-state index is -0.597. The van der Waals surface area contributed by atoms with Gasteiger partial charge in [0.25, 0.3) is 5.91 Å². The van der Waals surface area contributed by atoms with Gasteiger partial charge in [0.2, 0.25) is 0 Å². The summed E-state index contributed by atoms with van der Waals surface area (Å²) >= 11 is 6.01. The van der Waals surface area contributed by atoms with Crippen molar-refractivity contribution >= 4 is 17.5 Å². The fourth-order valence-electron chi connectivity index (χ4n) is 3.18. The second-order valence-corrected chi connectivity index (χ2v) is 6.46. The van der Waals surface area contributed by atoms with Crippen LogP contribution in [0.2, 0.25) is 5.02 Å². The monoisotopic (exact) mass is 329 g/mol. The normalized spacial score (nSPS) is 19.4. The van der Waals surface area contributed by atoms with E-state index in [9.17, 15) is 9.90 Å². The molecule has 1 aliphatic rings. The number of hydrogen-bond acceptors (Lipinski definition) is 2. The summed E-state index contributed by atoms with van der Waals surface area (Å²) in [6, 6.07) is 16.6. The van der Waals surface area contributed by atoms with E-state index in [1.54, 1.807) is 12.1 Å². The highest BCUT2D eigenvalue weighted by Crippen LogP contribution is 2.31. The minimum absolute atomic E-state index is 0.0357. The van der Waals surface area contributed by atoms with Gasteiger partial charge in [-0.05, 0) is 42.7 Å². The second kappa shape index (κ2) is 7.16. The summed E-state index contributed by atoms with van der Waals surface area (Å²) in [4.78, 5) is 14.4. The van der Waals surface area contributed by atoms with Gasteiger partial charge in [-0.3, -0.25) is 4.79 Å². The first-order valence-electron chi connectivity index (χ1n) is 7.93. The maximum absolute atomic E-state index is 12.6. The Kier molecular flexibility index (Phi) is 4.99. The van der Waals surface area contributed by atoms with Crippen molar-refractivity contribution in [1.29, 1.82) is 0 Å². The molecule has 1 fully saturated rings. The number of nitrogens with zero attached hydrogens (tertiary/aromatic N) is 1. The third-order valence-corrected chi connectivity index (χ3v) is 4.64. The molecular weight excluding hydrogens is 310 g/mol. The molecule has 3 rings (SSSR count). The molecule has 1 aliphatic heterocycles. The van der Waals surface area contributed by atoms with E-state index < -0.39 is 6.10 Å². The van der Waals surface area contributed by atoms with Crippen LogP contribution in [-0.4, -0.2) is 29.0 Å². The van der Waals surface area contributed by atoms with Gasteiger partial charge in [-0.1, -0.05) is 41.9 Å². The molecule has 1 heterocycles. The predicted molar refractivity (Wildman–Crippen MR) is 91.5 cm³/mol. The van der Waals surface area contributed by atoms with Gasteiger partial charge in [0.05, 0.1) is 6.10 Å². The van der Waals surface area contributed by atoms with Crippen LogP contribution in [0.3, 0.4) is 0 Å². The number of likely N-dealkylation sites (tertiary alicyclic amines) is 1. The quantitative estimate of drug-likeness (QED) is 0.927. The van der Waals surface area contributed by atoms with Crippen molar-refractivity contribution in [3.8, 4) is 0 Å². The molecular formula is C19H20ClNO2. The Morgan fingerprint density at radius 2 is 1.96 bits per heavy atom.